The van der Waals surface area contributed by atoms with Crippen molar-refractivity contribution in [1.29, 1.82) is 0 Å². The number of nitrogens with zero attached hydrogens (tertiary/aromatic N) is 1. The number of aromatic nitrogens is 1. The van der Waals surface area contributed by atoms with Crippen molar-refractivity contribution in [2.45, 2.75) is 33.9 Å². The van der Waals surface area contributed by atoms with Crippen molar-refractivity contribution in [3.8, 4) is 22.4 Å². The smallest absolute Gasteiger partial charge is 0.144 e. The Bertz CT molecular complexity index is 1680. The number of hydrogen-bond acceptors (Lipinski definition) is 2. The molecule has 0 atom stereocenters. The van der Waals surface area contributed by atoms with Crippen LogP contribution in [0.1, 0.15) is 41.5 Å². The molecule has 2 heteroatoms. The Kier molecular flexibility index (Phi) is 3.09. The molecule has 0 fully saturated rings. The molecule has 0 aliphatic rings. The summed E-state index contributed by atoms with van der Waals surface area (Å²) < 4.78 is 72.4. The fourth-order valence-electron chi connectivity index (χ4n) is 3.95. The van der Waals surface area contributed by atoms with Gasteiger partial charge in [0.05, 0.1) is 5.69 Å². The lowest BCUT2D eigenvalue weighted by atomic mass is 9.96. The van der Waals surface area contributed by atoms with E-state index in [9.17, 15) is 0 Å². The van der Waals surface area contributed by atoms with E-state index < -0.39 is 26.0 Å². The molecule has 0 amide bonds. The molecule has 5 rings (SSSR count). The Labute approximate surface area is 194 Å². The van der Waals surface area contributed by atoms with E-state index in [2.05, 4.69) is 4.98 Å². The molecule has 154 valence electrons. The Morgan fingerprint density at radius 3 is 2.52 bits per heavy atom. The molecule has 5 aromatic rings. The molecule has 0 aliphatic heterocycles. The molecule has 3 aromatic carbocycles. The van der Waals surface area contributed by atoms with E-state index in [1.165, 1.54) is 12.3 Å². The van der Waals surface area contributed by atoms with Crippen LogP contribution in [-0.2, 0) is 6.37 Å². The average Bonchev–Trinajstić information content (AvgIpc) is 3.25. The van der Waals surface area contributed by atoms with Crippen molar-refractivity contribution in [1.82, 2.24) is 4.98 Å². The largest absolute Gasteiger partial charge is 0.455 e. The van der Waals surface area contributed by atoms with Crippen LogP contribution in [0.25, 0.3) is 44.3 Å². The van der Waals surface area contributed by atoms with E-state index in [1.807, 2.05) is 42.5 Å². The summed E-state index contributed by atoms with van der Waals surface area (Å²) in [5.74, 6) is -0.492. The molecular formula is C29H27NO. The van der Waals surface area contributed by atoms with Gasteiger partial charge in [-0.2, -0.15) is 0 Å². The van der Waals surface area contributed by atoms with Gasteiger partial charge >= 0.3 is 0 Å². The maximum Gasteiger partial charge on any atom is 0.144 e. The van der Waals surface area contributed by atoms with Gasteiger partial charge in [-0.1, -0.05) is 62.4 Å². The monoisotopic (exact) mass is 413 g/mol. The number of aryl methyl sites for hydroxylation is 2. The number of benzene rings is 3. The highest BCUT2D eigenvalue weighted by Crippen LogP contribution is 2.39. The molecule has 0 saturated heterocycles. The molecule has 0 radical (unpaired) electrons. The van der Waals surface area contributed by atoms with E-state index in [0.29, 0.717) is 33.2 Å². The molecular weight excluding hydrogens is 378 g/mol. The average molecular weight is 414 g/mol. The fourth-order valence-corrected chi connectivity index (χ4v) is 3.95. The minimum Gasteiger partial charge on any atom is -0.455 e. The number of rotatable bonds is 4. The van der Waals surface area contributed by atoms with Gasteiger partial charge in [-0.25, -0.2) is 0 Å². The zero-order valence-corrected chi connectivity index (χ0v) is 17.4. The fraction of sp³-hybridized carbons (Fsp3) is 0.207. The van der Waals surface area contributed by atoms with Crippen LogP contribution in [0.4, 0.5) is 0 Å². The van der Waals surface area contributed by atoms with Gasteiger partial charge < -0.3 is 4.42 Å². The molecule has 2 aromatic heterocycles. The van der Waals surface area contributed by atoms with E-state index in [1.54, 1.807) is 32.0 Å². The maximum atomic E-state index is 8.66. The first-order valence-electron chi connectivity index (χ1n) is 14.3. The van der Waals surface area contributed by atoms with Crippen LogP contribution in [0.15, 0.2) is 77.3 Å². The number of para-hydroxylation sites is 1. The number of furan rings is 1. The van der Waals surface area contributed by atoms with Crippen molar-refractivity contribution in [2.24, 2.45) is 5.92 Å². The van der Waals surface area contributed by atoms with Gasteiger partial charge in [0.1, 0.15) is 11.2 Å². The molecule has 2 heterocycles. The van der Waals surface area contributed by atoms with Gasteiger partial charge in [-0.3, -0.25) is 4.98 Å². The first kappa shape index (κ1) is 12.5. The van der Waals surface area contributed by atoms with Gasteiger partial charge in [0.25, 0.3) is 0 Å². The highest BCUT2D eigenvalue weighted by Gasteiger charge is 2.17. The summed E-state index contributed by atoms with van der Waals surface area (Å²) in [6.45, 7) is -1.61. The third-order valence-electron chi connectivity index (χ3n) is 5.38. The van der Waals surface area contributed by atoms with Gasteiger partial charge in [-0.15, -0.1) is 0 Å². The van der Waals surface area contributed by atoms with Gasteiger partial charge in [-0.05, 0) is 66.4 Å². The Morgan fingerprint density at radius 2 is 1.74 bits per heavy atom. The normalized spacial score (nSPS) is 16.7. The highest BCUT2D eigenvalue weighted by atomic mass is 16.3. The lowest BCUT2D eigenvalue weighted by molar-refractivity contribution is 0.644. The van der Waals surface area contributed by atoms with Crippen molar-refractivity contribution in [3.05, 3.63) is 89.6 Å². The van der Waals surface area contributed by atoms with Crippen LogP contribution in [0.3, 0.4) is 0 Å². The third kappa shape index (κ3) is 3.42. The van der Waals surface area contributed by atoms with Gasteiger partial charge in [0, 0.05) is 39.1 Å². The molecule has 0 N–H and O–H groups in total. The minimum atomic E-state index is -2.54. The number of pyridine rings is 1. The second-order valence-corrected chi connectivity index (χ2v) is 7.93. The summed E-state index contributed by atoms with van der Waals surface area (Å²) in [6.07, 6.45) is -0.719. The van der Waals surface area contributed by atoms with Crippen molar-refractivity contribution in [3.63, 3.8) is 0 Å². The molecule has 0 aliphatic carbocycles. The topological polar surface area (TPSA) is 26.0 Å². The van der Waals surface area contributed by atoms with Crippen LogP contribution in [0.2, 0.25) is 0 Å². The molecule has 0 bridgehead atoms. The lowest BCUT2D eigenvalue weighted by Gasteiger charge is -2.10. The van der Waals surface area contributed by atoms with E-state index >= 15 is 0 Å². The second-order valence-electron chi connectivity index (χ2n) is 7.93. The second kappa shape index (κ2) is 7.70. The Hall–Kier alpha value is -3.39. The minimum absolute atomic E-state index is 0.0464. The van der Waals surface area contributed by atoms with Crippen molar-refractivity contribution in [2.75, 3.05) is 0 Å². The Balaban J connectivity index is 1.81. The van der Waals surface area contributed by atoms with Crippen LogP contribution in [0.5, 0.6) is 0 Å². The first-order chi connectivity index (χ1) is 18.2. The summed E-state index contributed by atoms with van der Waals surface area (Å²) in [6, 6.07) is 19.8. The molecule has 2 nitrogen and oxygen atoms in total. The van der Waals surface area contributed by atoms with Gasteiger partial charge in [0.2, 0.25) is 0 Å². The molecule has 0 saturated carbocycles. The lowest BCUT2D eigenvalue weighted by Crippen LogP contribution is -1.99. The number of fused-ring (bicyclic) bond motifs is 3. The van der Waals surface area contributed by atoms with E-state index in [-0.39, 0.29) is 22.3 Å². The predicted molar refractivity (Wildman–Crippen MR) is 130 cm³/mol. The van der Waals surface area contributed by atoms with Crippen molar-refractivity contribution >= 4 is 21.9 Å². The maximum absolute atomic E-state index is 8.66. The van der Waals surface area contributed by atoms with Crippen LogP contribution < -0.4 is 0 Å². The molecule has 0 spiro atoms. The summed E-state index contributed by atoms with van der Waals surface area (Å²) in [4.78, 5) is 4.41. The summed E-state index contributed by atoms with van der Waals surface area (Å²) in [7, 11) is 0. The summed E-state index contributed by atoms with van der Waals surface area (Å²) in [5, 5.41) is 1.32. The molecule has 0 unspecified atom stereocenters. The van der Waals surface area contributed by atoms with E-state index in [4.69, 9.17) is 15.4 Å². The zero-order chi connectivity index (χ0) is 28.3. The predicted octanol–water partition coefficient (Wildman–Crippen LogP) is 8.13. The number of hydrogen-bond donors (Lipinski definition) is 0. The van der Waals surface area contributed by atoms with E-state index in [0.717, 1.165) is 5.56 Å². The summed E-state index contributed by atoms with van der Waals surface area (Å²) >= 11 is 0. The third-order valence-corrected chi connectivity index (χ3v) is 5.38. The Morgan fingerprint density at radius 1 is 0.903 bits per heavy atom. The first-order valence-corrected chi connectivity index (χ1v) is 10.3. The summed E-state index contributed by atoms with van der Waals surface area (Å²) in [5.41, 5.74) is 2.82. The SMILES string of the molecule is [2H]C([2H])([2H])c1cnc(-c2cccc3c2oc2c(C([2H])([2H])[2H])c(-c4ccccc4)ccc23)cc1C([2H])([2H])C(C)C. The van der Waals surface area contributed by atoms with Crippen LogP contribution in [0, 0.1) is 19.6 Å². The zero-order valence-electron chi connectivity index (χ0n) is 25.4. The van der Waals surface area contributed by atoms with Gasteiger partial charge in [0.15, 0.2) is 0 Å². The quantitative estimate of drug-likeness (QED) is 0.297. The highest BCUT2D eigenvalue weighted by molar-refractivity contribution is 6.11. The van der Waals surface area contributed by atoms with Crippen molar-refractivity contribution < 1.29 is 15.4 Å². The molecule has 31 heavy (non-hydrogen) atoms. The van der Waals surface area contributed by atoms with Crippen LogP contribution in [-0.4, -0.2) is 4.98 Å². The standard InChI is InChI=1S/C29H27NO/c1-18(2)15-22-16-27(30-17-19(22)3)26-12-8-11-24-25-14-13-23(21-9-6-5-7-10-21)20(4)28(25)31-29(24)26/h5-14,16-18H,15H2,1-4H3/i3D3,4D3,15D2. The van der Waals surface area contributed by atoms with Crippen LogP contribution >= 0.6 is 0 Å².